The lowest BCUT2D eigenvalue weighted by Gasteiger charge is -2.13. The number of carbonyl (C=O) groups is 3. The molecule has 1 atom stereocenters. The van der Waals surface area contributed by atoms with Gasteiger partial charge in [0.2, 0.25) is 11.5 Å². The number of terminal acetylenes is 1. The molecule has 2 heterocycles. The monoisotopic (exact) mass is 450 g/mol. The number of nitrogens with two attached hydrogens (primary N) is 1. The molecular weight excluding hydrogens is 428 g/mol. The third kappa shape index (κ3) is 4.80. The molecule has 4 N–H and O–H groups in total. The Morgan fingerprint density at radius 3 is 2.69 bits per heavy atom. The van der Waals surface area contributed by atoms with E-state index >= 15 is 0 Å². The predicted octanol–water partition coefficient (Wildman–Crippen LogP) is 1.45. The second-order valence-electron chi connectivity index (χ2n) is 7.49. The Morgan fingerprint density at radius 1 is 1.38 bits per heavy atom. The number of rotatable bonds is 4. The fraction of sp³-hybridized carbons (Fsp3) is 0.304. The minimum Gasteiger partial charge on any atom is -0.369 e. The number of hydrogen-bond donors (Lipinski definition) is 3. The molecule has 1 aliphatic heterocycles. The van der Waals surface area contributed by atoms with Crippen LogP contribution in [0.15, 0.2) is 24.3 Å². The highest BCUT2D eigenvalue weighted by Crippen LogP contribution is 2.35. The van der Waals surface area contributed by atoms with Gasteiger partial charge in [-0.15, -0.1) is 12.8 Å². The number of nitrogens with one attached hydrogen (secondary N) is 1. The second kappa shape index (κ2) is 9.23. The summed E-state index contributed by atoms with van der Waals surface area (Å²) in [6, 6.07) is 7.06. The molecule has 32 heavy (non-hydrogen) atoms. The average Bonchev–Trinajstić information content (AvgIpc) is 3.52. The molecule has 1 saturated heterocycles. The van der Waals surface area contributed by atoms with Crippen molar-refractivity contribution in [2.45, 2.75) is 24.9 Å². The van der Waals surface area contributed by atoms with Gasteiger partial charge in [-0.1, -0.05) is 35.3 Å². The maximum Gasteiger partial charge on any atom is 0.270 e. The Morgan fingerprint density at radius 2 is 2.09 bits per heavy atom. The van der Waals surface area contributed by atoms with E-state index in [0.29, 0.717) is 27.7 Å². The molecule has 0 bridgehead atoms. The van der Waals surface area contributed by atoms with Crippen molar-refractivity contribution in [2.24, 2.45) is 11.7 Å². The molecule has 1 aliphatic carbocycles. The molecule has 2 fully saturated rings. The zero-order valence-corrected chi connectivity index (χ0v) is 18.2. The predicted molar refractivity (Wildman–Crippen MR) is 121 cm³/mol. The molecule has 1 saturated carbocycles. The Hall–Kier alpha value is -3.66. The topological polar surface area (TPSA) is 126 Å². The number of primary amides is 1. The van der Waals surface area contributed by atoms with Gasteiger partial charge < -0.3 is 21.1 Å². The highest BCUT2D eigenvalue weighted by atomic mass is 32.1. The van der Waals surface area contributed by atoms with Crippen LogP contribution in [0.2, 0.25) is 0 Å². The van der Waals surface area contributed by atoms with Crippen LogP contribution in [0.3, 0.4) is 0 Å². The van der Waals surface area contributed by atoms with Gasteiger partial charge in [-0.3, -0.25) is 14.4 Å². The van der Waals surface area contributed by atoms with Crippen molar-refractivity contribution in [1.29, 1.82) is 0 Å². The van der Waals surface area contributed by atoms with Crippen LogP contribution in [0.5, 0.6) is 0 Å². The first kappa shape index (κ1) is 23.0. The average molecular weight is 451 g/mol. The van der Waals surface area contributed by atoms with Crippen LogP contribution >= 0.6 is 11.3 Å². The van der Waals surface area contributed by atoms with Gasteiger partial charge in [0.05, 0.1) is 0 Å². The van der Waals surface area contributed by atoms with Crippen molar-refractivity contribution in [3.63, 3.8) is 0 Å². The first-order valence-corrected chi connectivity index (χ1v) is 10.6. The van der Waals surface area contributed by atoms with Crippen molar-refractivity contribution in [2.75, 3.05) is 18.9 Å². The number of benzene rings is 1. The number of carbonyl (C=O) groups excluding carboxylic acids is 3. The molecule has 3 amide bonds. The summed E-state index contributed by atoms with van der Waals surface area (Å²) in [6.07, 6.45) is 9.94. The van der Waals surface area contributed by atoms with Gasteiger partial charge >= 0.3 is 0 Å². The minimum atomic E-state index is -1.68. The van der Waals surface area contributed by atoms with Gasteiger partial charge in [0, 0.05) is 37.1 Å². The largest absolute Gasteiger partial charge is 0.369 e. The lowest BCUT2D eigenvalue weighted by Crippen LogP contribution is -2.37. The number of amides is 3. The number of aromatic nitrogens is 1. The van der Waals surface area contributed by atoms with E-state index in [4.69, 9.17) is 5.73 Å². The molecule has 4 rings (SSSR count). The molecule has 2 aliphatic rings. The maximum atomic E-state index is 12.1. The fourth-order valence-electron chi connectivity index (χ4n) is 3.13. The van der Waals surface area contributed by atoms with Crippen LogP contribution in [0, 0.1) is 30.6 Å². The van der Waals surface area contributed by atoms with Gasteiger partial charge in [-0.05, 0) is 25.0 Å². The minimum absolute atomic E-state index is 0.0157. The number of likely N-dealkylation sites (tertiary alicyclic amines) is 1. The lowest BCUT2D eigenvalue weighted by molar-refractivity contribution is -0.137. The summed E-state index contributed by atoms with van der Waals surface area (Å²) in [4.78, 5) is 41.7. The van der Waals surface area contributed by atoms with E-state index in [0.717, 1.165) is 24.2 Å². The first-order chi connectivity index (χ1) is 15.3. The second-order valence-corrected chi connectivity index (χ2v) is 8.49. The molecule has 0 unspecified atom stereocenters. The van der Waals surface area contributed by atoms with Gasteiger partial charge in [-0.25, -0.2) is 4.98 Å². The first-order valence-electron chi connectivity index (χ1n) is 9.83. The summed E-state index contributed by atoms with van der Waals surface area (Å²) in [5, 5.41) is 14.0. The molecule has 164 valence electrons. The van der Waals surface area contributed by atoms with Crippen LogP contribution in [0.25, 0.3) is 10.6 Å². The quantitative estimate of drug-likeness (QED) is 0.608. The number of aliphatic hydroxyl groups is 1. The van der Waals surface area contributed by atoms with Crippen molar-refractivity contribution in [3.8, 4) is 35.3 Å². The smallest absolute Gasteiger partial charge is 0.270 e. The fourth-order valence-corrected chi connectivity index (χ4v) is 4.10. The van der Waals surface area contributed by atoms with Crippen molar-refractivity contribution in [3.05, 3.63) is 35.5 Å². The molecular formula is C23H22N4O4S. The van der Waals surface area contributed by atoms with Gasteiger partial charge in [-0.2, -0.15) is 0 Å². The summed E-state index contributed by atoms with van der Waals surface area (Å²) in [7, 11) is 1.63. The van der Waals surface area contributed by atoms with E-state index in [-0.39, 0.29) is 23.9 Å². The van der Waals surface area contributed by atoms with Crippen LogP contribution in [0.4, 0.5) is 5.00 Å². The van der Waals surface area contributed by atoms with Crippen LogP contribution < -0.4 is 11.1 Å². The molecule has 0 radical (unpaired) electrons. The van der Waals surface area contributed by atoms with Crippen molar-refractivity contribution < 1.29 is 19.5 Å². The lowest BCUT2D eigenvalue weighted by atomic mass is 10.0. The van der Waals surface area contributed by atoms with E-state index < -0.39 is 17.4 Å². The van der Waals surface area contributed by atoms with Crippen LogP contribution in [-0.2, 0) is 9.59 Å². The zero-order chi connectivity index (χ0) is 23.5. The van der Waals surface area contributed by atoms with Gasteiger partial charge in [0.25, 0.3) is 11.8 Å². The van der Waals surface area contributed by atoms with E-state index in [1.165, 1.54) is 4.90 Å². The highest BCUT2D eigenvalue weighted by molar-refractivity contribution is 7.19. The Labute approximate surface area is 189 Å². The zero-order valence-electron chi connectivity index (χ0n) is 17.4. The van der Waals surface area contributed by atoms with E-state index in [1.807, 2.05) is 0 Å². The molecule has 1 aromatic heterocycles. The SMILES string of the molecule is C#C.CN1CC[C@@](O)(C#Cc2cccc(-c3nc(C(N)=O)c(NC(=O)C4CC4)s3)c2)C1=O. The molecule has 0 spiro atoms. The molecule has 1 aromatic carbocycles. The third-order valence-electron chi connectivity index (χ3n) is 5.08. The number of nitrogens with zero attached hydrogens (tertiary/aromatic N) is 2. The van der Waals surface area contributed by atoms with Gasteiger partial charge in [0.1, 0.15) is 10.0 Å². The molecule has 9 heteroatoms. The van der Waals surface area contributed by atoms with E-state index in [2.05, 4.69) is 35.0 Å². The van der Waals surface area contributed by atoms with Gasteiger partial charge in [0.15, 0.2) is 5.69 Å². The summed E-state index contributed by atoms with van der Waals surface area (Å²) < 4.78 is 0. The Balaban J connectivity index is 0.00000141. The van der Waals surface area contributed by atoms with E-state index in [1.54, 1.807) is 31.3 Å². The number of anilines is 1. The summed E-state index contributed by atoms with van der Waals surface area (Å²) in [5.41, 5.74) is 5.04. The summed E-state index contributed by atoms with van der Waals surface area (Å²) in [6.45, 7) is 0.453. The summed E-state index contributed by atoms with van der Waals surface area (Å²) >= 11 is 1.16. The highest BCUT2D eigenvalue weighted by Gasteiger charge is 2.42. The van der Waals surface area contributed by atoms with Crippen molar-refractivity contribution >= 4 is 34.1 Å². The Kier molecular flexibility index (Phi) is 6.64. The molecule has 2 aromatic rings. The Bertz CT molecular complexity index is 1160. The third-order valence-corrected chi connectivity index (χ3v) is 6.10. The maximum absolute atomic E-state index is 12.1. The van der Waals surface area contributed by atoms with Crippen molar-refractivity contribution in [1.82, 2.24) is 9.88 Å². The van der Waals surface area contributed by atoms with Crippen LogP contribution in [0.1, 0.15) is 35.3 Å². The normalized spacial score (nSPS) is 19.4. The van der Waals surface area contributed by atoms with E-state index in [9.17, 15) is 19.5 Å². The number of hydrogen-bond acceptors (Lipinski definition) is 6. The standard InChI is InChI=1S/C21H20N4O4S.C2H2/c1-25-10-9-21(29,20(25)28)8-7-12-3-2-4-14(11-12)18-23-15(16(22)26)19(30-18)24-17(27)13-5-6-13;1-2/h2-4,11,13,29H,5-6,9-10H2,1H3,(H2,22,26)(H,24,27);1-2H/t21-;/m0./s1. The number of thiazole rings is 1. The summed E-state index contributed by atoms with van der Waals surface area (Å²) in [5.74, 6) is 4.26. The van der Waals surface area contributed by atoms with Crippen LogP contribution in [-0.4, -0.2) is 51.9 Å². The molecule has 8 nitrogen and oxygen atoms in total. The number of likely N-dealkylation sites (N-methyl/N-ethyl adjacent to an activating group) is 1.